The van der Waals surface area contributed by atoms with Crippen LogP contribution in [0.15, 0.2) is 18.2 Å². The van der Waals surface area contributed by atoms with E-state index in [1.54, 1.807) is 12.1 Å². The Kier molecular flexibility index (Phi) is 3.63. The second-order valence-corrected chi connectivity index (χ2v) is 4.75. The fourth-order valence-electron chi connectivity index (χ4n) is 2.20. The molecule has 2 nitrogen and oxygen atoms in total. The number of nitriles is 1. The van der Waals surface area contributed by atoms with Crippen LogP contribution in [0.2, 0.25) is 0 Å². The molecule has 0 radical (unpaired) electrons. The lowest BCUT2D eigenvalue weighted by Crippen LogP contribution is -2.23. The molecule has 0 aliphatic heterocycles. The number of ether oxygens (including phenoxy) is 1. The molecule has 3 heteroatoms. The van der Waals surface area contributed by atoms with Gasteiger partial charge in [0.1, 0.15) is 17.6 Å². The summed E-state index contributed by atoms with van der Waals surface area (Å²) in [5.41, 5.74) is 0.0645. The lowest BCUT2D eigenvalue weighted by molar-refractivity contribution is 0.135. The summed E-state index contributed by atoms with van der Waals surface area (Å²) in [5, 5.41) is 8.63. The Morgan fingerprint density at radius 2 is 2.00 bits per heavy atom. The van der Waals surface area contributed by atoms with E-state index in [1.807, 2.05) is 0 Å². The molecule has 17 heavy (non-hydrogen) atoms. The Hall–Kier alpha value is -1.56. The molecule has 1 fully saturated rings. The molecule has 1 aliphatic rings. The van der Waals surface area contributed by atoms with Crippen LogP contribution in [-0.2, 0) is 0 Å². The molecule has 0 spiro atoms. The van der Waals surface area contributed by atoms with Crippen molar-refractivity contribution in [2.45, 2.75) is 38.7 Å². The first-order valence-corrected chi connectivity index (χ1v) is 6.05. The van der Waals surface area contributed by atoms with Gasteiger partial charge in [0.2, 0.25) is 0 Å². The molecule has 1 aromatic rings. The third kappa shape index (κ3) is 2.97. The lowest BCUT2D eigenvalue weighted by atomic mass is 9.89. The van der Waals surface area contributed by atoms with Crippen LogP contribution in [0.1, 0.15) is 38.2 Å². The quantitative estimate of drug-likeness (QED) is 0.781. The van der Waals surface area contributed by atoms with Crippen molar-refractivity contribution in [3.63, 3.8) is 0 Å². The van der Waals surface area contributed by atoms with E-state index in [2.05, 4.69) is 6.92 Å². The monoisotopic (exact) mass is 233 g/mol. The van der Waals surface area contributed by atoms with E-state index < -0.39 is 5.82 Å². The van der Waals surface area contributed by atoms with Gasteiger partial charge in [0, 0.05) is 6.07 Å². The molecular weight excluding hydrogens is 217 g/mol. The van der Waals surface area contributed by atoms with Crippen molar-refractivity contribution >= 4 is 0 Å². The molecule has 0 bridgehead atoms. The molecule has 1 aliphatic carbocycles. The molecule has 0 heterocycles. The molecule has 0 saturated heterocycles. The number of nitrogens with zero attached hydrogens (tertiary/aromatic N) is 1. The largest absolute Gasteiger partial charge is 0.490 e. The molecule has 2 rings (SSSR count). The highest BCUT2D eigenvalue weighted by atomic mass is 19.1. The van der Waals surface area contributed by atoms with E-state index in [1.165, 1.54) is 25.0 Å². The smallest absolute Gasteiger partial charge is 0.144 e. The predicted octanol–water partition coefficient (Wildman–Crippen LogP) is 3.65. The van der Waals surface area contributed by atoms with Crippen LogP contribution < -0.4 is 4.74 Å². The molecule has 1 aromatic carbocycles. The first kappa shape index (κ1) is 11.9. The van der Waals surface area contributed by atoms with Gasteiger partial charge in [-0.1, -0.05) is 6.92 Å². The summed E-state index contributed by atoms with van der Waals surface area (Å²) in [6.45, 7) is 2.25. The third-order valence-electron chi connectivity index (χ3n) is 3.33. The molecule has 0 N–H and O–H groups in total. The van der Waals surface area contributed by atoms with Gasteiger partial charge in [-0.25, -0.2) is 4.39 Å². The standard InChI is InChI=1S/C14H16FNO/c1-10-2-5-12(6-3-10)17-13-7-4-11(9-16)14(15)8-13/h4,7-8,10,12H,2-3,5-6H2,1H3. The fraction of sp³-hybridized carbons (Fsp3) is 0.500. The highest BCUT2D eigenvalue weighted by Crippen LogP contribution is 2.27. The second-order valence-electron chi connectivity index (χ2n) is 4.75. The third-order valence-corrected chi connectivity index (χ3v) is 3.33. The van der Waals surface area contributed by atoms with Crippen LogP contribution in [0, 0.1) is 23.1 Å². The number of halogens is 1. The van der Waals surface area contributed by atoms with E-state index in [0.717, 1.165) is 18.8 Å². The summed E-state index contributed by atoms with van der Waals surface area (Å²) in [6, 6.07) is 6.24. The van der Waals surface area contributed by atoms with Gasteiger partial charge in [0.25, 0.3) is 0 Å². The maximum Gasteiger partial charge on any atom is 0.144 e. The summed E-state index contributed by atoms with van der Waals surface area (Å²) in [7, 11) is 0. The van der Waals surface area contributed by atoms with Crippen molar-refractivity contribution in [2.24, 2.45) is 5.92 Å². The van der Waals surface area contributed by atoms with Crippen molar-refractivity contribution in [1.82, 2.24) is 0 Å². The Morgan fingerprint density at radius 1 is 1.29 bits per heavy atom. The molecule has 90 valence electrons. The van der Waals surface area contributed by atoms with Gasteiger partial charge >= 0.3 is 0 Å². The van der Waals surface area contributed by atoms with E-state index in [4.69, 9.17) is 10.00 Å². The van der Waals surface area contributed by atoms with E-state index in [0.29, 0.717) is 5.75 Å². The van der Waals surface area contributed by atoms with Crippen LogP contribution in [0.3, 0.4) is 0 Å². The molecule has 0 aromatic heterocycles. The van der Waals surface area contributed by atoms with Gasteiger partial charge in [-0.2, -0.15) is 5.26 Å². The van der Waals surface area contributed by atoms with E-state index >= 15 is 0 Å². The van der Waals surface area contributed by atoms with Crippen LogP contribution in [0.4, 0.5) is 4.39 Å². The topological polar surface area (TPSA) is 33.0 Å². The number of hydrogen-bond acceptors (Lipinski definition) is 2. The number of benzene rings is 1. The summed E-state index contributed by atoms with van der Waals surface area (Å²) in [6.07, 6.45) is 4.59. The summed E-state index contributed by atoms with van der Waals surface area (Å²) in [4.78, 5) is 0. The molecular formula is C14H16FNO. The van der Waals surface area contributed by atoms with Crippen molar-refractivity contribution in [3.8, 4) is 11.8 Å². The van der Waals surface area contributed by atoms with Crippen molar-refractivity contribution in [3.05, 3.63) is 29.6 Å². The Balaban J connectivity index is 2.00. The molecule has 0 amide bonds. The summed E-state index contributed by atoms with van der Waals surface area (Å²) < 4.78 is 19.1. The first-order valence-electron chi connectivity index (χ1n) is 6.05. The Bertz CT molecular complexity index is 430. The van der Waals surface area contributed by atoms with Crippen LogP contribution in [-0.4, -0.2) is 6.10 Å². The average Bonchev–Trinajstić information content (AvgIpc) is 2.32. The molecule has 0 atom stereocenters. The van der Waals surface area contributed by atoms with Gasteiger partial charge in [-0.05, 0) is 43.7 Å². The Morgan fingerprint density at radius 3 is 2.59 bits per heavy atom. The minimum atomic E-state index is -0.505. The average molecular weight is 233 g/mol. The van der Waals surface area contributed by atoms with E-state index in [-0.39, 0.29) is 11.7 Å². The minimum absolute atomic E-state index is 0.0645. The van der Waals surface area contributed by atoms with Crippen LogP contribution >= 0.6 is 0 Å². The summed E-state index contributed by atoms with van der Waals surface area (Å²) >= 11 is 0. The normalized spacial score (nSPS) is 24.1. The van der Waals surface area contributed by atoms with Gasteiger partial charge in [-0.15, -0.1) is 0 Å². The SMILES string of the molecule is CC1CCC(Oc2ccc(C#N)c(F)c2)CC1. The zero-order valence-corrected chi connectivity index (χ0v) is 9.95. The number of rotatable bonds is 2. The maximum absolute atomic E-state index is 13.4. The lowest BCUT2D eigenvalue weighted by Gasteiger charge is -2.26. The van der Waals surface area contributed by atoms with Crippen LogP contribution in [0.25, 0.3) is 0 Å². The minimum Gasteiger partial charge on any atom is -0.490 e. The zero-order valence-electron chi connectivity index (χ0n) is 9.95. The van der Waals surface area contributed by atoms with Crippen molar-refractivity contribution in [1.29, 1.82) is 5.26 Å². The highest BCUT2D eigenvalue weighted by Gasteiger charge is 2.19. The van der Waals surface area contributed by atoms with Gasteiger partial charge in [-0.3, -0.25) is 0 Å². The van der Waals surface area contributed by atoms with Crippen molar-refractivity contribution < 1.29 is 9.13 Å². The fourth-order valence-corrected chi connectivity index (χ4v) is 2.20. The molecule has 0 unspecified atom stereocenters. The van der Waals surface area contributed by atoms with Crippen LogP contribution in [0.5, 0.6) is 5.75 Å². The van der Waals surface area contributed by atoms with E-state index in [9.17, 15) is 4.39 Å². The summed E-state index contributed by atoms with van der Waals surface area (Å²) in [5.74, 6) is 0.794. The Labute approximate surface area is 101 Å². The predicted molar refractivity (Wildman–Crippen MR) is 63.2 cm³/mol. The molecule has 1 saturated carbocycles. The van der Waals surface area contributed by atoms with Gasteiger partial charge < -0.3 is 4.74 Å². The van der Waals surface area contributed by atoms with Crippen molar-refractivity contribution in [2.75, 3.05) is 0 Å². The second kappa shape index (κ2) is 5.18. The maximum atomic E-state index is 13.4. The van der Waals surface area contributed by atoms with Gasteiger partial charge in [0.05, 0.1) is 11.7 Å². The number of hydrogen-bond donors (Lipinski definition) is 0. The first-order chi connectivity index (χ1) is 8.19. The highest BCUT2D eigenvalue weighted by molar-refractivity contribution is 5.36. The zero-order chi connectivity index (χ0) is 12.3. The van der Waals surface area contributed by atoms with Gasteiger partial charge in [0.15, 0.2) is 0 Å².